The summed E-state index contributed by atoms with van der Waals surface area (Å²) < 4.78 is 0. The highest BCUT2D eigenvalue weighted by Crippen LogP contribution is 2.44. The molecule has 0 aromatic heterocycles. The zero-order valence-corrected chi connectivity index (χ0v) is 21.1. The molecule has 2 heteroatoms. The van der Waals surface area contributed by atoms with E-state index in [1.807, 2.05) is 0 Å². The molecule has 2 aliphatic heterocycles. The summed E-state index contributed by atoms with van der Waals surface area (Å²) in [6, 6.07) is 2.49. The molecule has 1 aromatic carbocycles. The van der Waals surface area contributed by atoms with Gasteiger partial charge in [0.05, 0.1) is 0 Å². The Kier molecular flexibility index (Phi) is 6.47. The molecule has 4 rings (SSSR count). The minimum atomic E-state index is 0.242. The summed E-state index contributed by atoms with van der Waals surface area (Å²) in [7, 11) is 0. The molecule has 0 saturated heterocycles. The SMILES string of the molecule is C=C1Cc2c(cc3c4c2CCCN4CCC3)C=C1C(=C)CC(C)(C)CCCC(C)(C)CN. The minimum Gasteiger partial charge on any atom is -0.371 e. The van der Waals surface area contributed by atoms with Crippen molar-refractivity contribution in [1.29, 1.82) is 0 Å². The summed E-state index contributed by atoms with van der Waals surface area (Å²) in [5, 5.41) is 0. The van der Waals surface area contributed by atoms with Gasteiger partial charge in [-0.3, -0.25) is 0 Å². The van der Waals surface area contributed by atoms with E-state index in [-0.39, 0.29) is 10.8 Å². The highest BCUT2D eigenvalue weighted by molar-refractivity contribution is 5.78. The molecule has 0 atom stereocenters. The number of aryl methyl sites for hydroxylation is 1. The number of rotatable bonds is 8. The molecule has 2 nitrogen and oxygen atoms in total. The first kappa shape index (κ1) is 23.4. The largest absolute Gasteiger partial charge is 0.371 e. The van der Waals surface area contributed by atoms with Crippen molar-refractivity contribution in [3.8, 4) is 0 Å². The van der Waals surface area contributed by atoms with Crippen LogP contribution < -0.4 is 10.6 Å². The Morgan fingerprint density at radius 1 is 1.03 bits per heavy atom. The van der Waals surface area contributed by atoms with Crippen LogP contribution in [0.2, 0.25) is 0 Å². The molecule has 0 unspecified atom stereocenters. The summed E-state index contributed by atoms with van der Waals surface area (Å²) in [5.41, 5.74) is 18.0. The molecule has 0 spiro atoms. The van der Waals surface area contributed by atoms with E-state index < -0.39 is 0 Å². The maximum absolute atomic E-state index is 5.93. The molecule has 2 N–H and O–H groups in total. The van der Waals surface area contributed by atoms with Gasteiger partial charge >= 0.3 is 0 Å². The van der Waals surface area contributed by atoms with Crippen molar-refractivity contribution in [3.63, 3.8) is 0 Å². The van der Waals surface area contributed by atoms with E-state index in [0.717, 1.165) is 19.4 Å². The Balaban J connectivity index is 1.53. The second-order valence-corrected chi connectivity index (χ2v) is 12.1. The number of hydrogen-bond donors (Lipinski definition) is 1. The van der Waals surface area contributed by atoms with Gasteiger partial charge in [0.2, 0.25) is 0 Å². The second kappa shape index (κ2) is 8.86. The van der Waals surface area contributed by atoms with Crippen LogP contribution in [0.3, 0.4) is 0 Å². The lowest BCUT2D eigenvalue weighted by Gasteiger charge is -2.39. The molecule has 0 bridgehead atoms. The lowest BCUT2D eigenvalue weighted by molar-refractivity contribution is 0.271. The van der Waals surface area contributed by atoms with Crippen molar-refractivity contribution in [3.05, 3.63) is 58.2 Å². The number of nitrogens with zero attached hydrogens (tertiary/aromatic N) is 1. The molecule has 1 aromatic rings. The maximum Gasteiger partial charge on any atom is 0.0434 e. The topological polar surface area (TPSA) is 29.3 Å². The van der Waals surface area contributed by atoms with Gasteiger partial charge in [0.15, 0.2) is 0 Å². The Morgan fingerprint density at radius 3 is 2.44 bits per heavy atom. The monoisotopic (exact) mass is 432 g/mol. The Bertz CT molecular complexity index is 942. The zero-order valence-electron chi connectivity index (χ0n) is 21.1. The van der Waals surface area contributed by atoms with Crippen molar-refractivity contribution < 1.29 is 0 Å². The van der Waals surface area contributed by atoms with Crippen molar-refractivity contribution in [2.45, 2.75) is 85.5 Å². The van der Waals surface area contributed by atoms with Crippen LogP contribution >= 0.6 is 0 Å². The Hall–Kier alpha value is -1.80. The van der Waals surface area contributed by atoms with Gasteiger partial charge in [0.1, 0.15) is 0 Å². The molecule has 32 heavy (non-hydrogen) atoms. The molecule has 0 radical (unpaired) electrons. The predicted octanol–water partition coefficient (Wildman–Crippen LogP) is 7.01. The van der Waals surface area contributed by atoms with Gasteiger partial charge in [0.25, 0.3) is 0 Å². The highest BCUT2D eigenvalue weighted by Gasteiger charge is 2.30. The summed E-state index contributed by atoms with van der Waals surface area (Å²) in [4.78, 5) is 2.65. The Morgan fingerprint density at radius 2 is 1.72 bits per heavy atom. The predicted molar refractivity (Wildman–Crippen MR) is 140 cm³/mol. The summed E-state index contributed by atoms with van der Waals surface area (Å²) in [5.74, 6) is 0. The smallest absolute Gasteiger partial charge is 0.0434 e. The fraction of sp³-hybridized carbons (Fsp3) is 0.600. The van der Waals surface area contributed by atoms with Crippen LogP contribution in [0.4, 0.5) is 5.69 Å². The molecule has 0 saturated carbocycles. The van der Waals surface area contributed by atoms with Gasteiger partial charge in [-0.25, -0.2) is 0 Å². The lowest BCUT2D eigenvalue weighted by Crippen LogP contribution is -2.35. The fourth-order valence-corrected chi connectivity index (χ4v) is 6.12. The fourth-order valence-electron chi connectivity index (χ4n) is 6.12. The Labute approximate surface area is 196 Å². The van der Waals surface area contributed by atoms with E-state index in [1.165, 1.54) is 80.3 Å². The summed E-state index contributed by atoms with van der Waals surface area (Å²) in [6.45, 7) is 21.6. The third-order valence-electron chi connectivity index (χ3n) is 8.08. The number of benzene rings is 1. The molecule has 1 aliphatic carbocycles. The number of hydrogen-bond acceptors (Lipinski definition) is 2. The van der Waals surface area contributed by atoms with Gasteiger partial charge in [-0.1, -0.05) is 47.3 Å². The van der Waals surface area contributed by atoms with Gasteiger partial charge < -0.3 is 10.6 Å². The summed E-state index contributed by atoms with van der Waals surface area (Å²) in [6.07, 6.45) is 13.1. The molecule has 0 amide bonds. The van der Waals surface area contributed by atoms with E-state index in [2.05, 4.69) is 57.9 Å². The average molecular weight is 433 g/mol. The first-order valence-electron chi connectivity index (χ1n) is 12.8. The van der Waals surface area contributed by atoms with Gasteiger partial charge in [-0.15, -0.1) is 0 Å². The number of fused-ring (bicyclic) bond motifs is 2. The van der Waals surface area contributed by atoms with Gasteiger partial charge in [-0.05, 0) is 120 Å². The van der Waals surface area contributed by atoms with Crippen LogP contribution in [0.15, 0.2) is 35.9 Å². The summed E-state index contributed by atoms with van der Waals surface area (Å²) >= 11 is 0. The third-order valence-corrected chi connectivity index (χ3v) is 8.08. The number of anilines is 1. The van der Waals surface area contributed by atoms with Crippen LogP contribution in [0, 0.1) is 10.8 Å². The van der Waals surface area contributed by atoms with Crippen molar-refractivity contribution in [2.75, 3.05) is 24.5 Å². The first-order chi connectivity index (χ1) is 15.1. The number of nitrogens with two attached hydrogens (primary N) is 1. The van der Waals surface area contributed by atoms with E-state index in [0.29, 0.717) is 0 Å². The average Bonchev–Trinajstić information content (AvgIpc) is 2.73. The number of allylic oxidation sites excluding steroid dienone is 3. The zero-order chi connectivity index (χ0) is 23.1. The normalized spacial score (nSPS) is 18.2. The van der Waals surface area contributed by atoms with Crippen LogP contribution in [0.5, 0.6) is 0 Å². The van der Waals surface area contributed by atoms with Crippen molar-refractivity contribution in [1.82, 2.24) is 0 Å². The molecule has 174 valence electrons. The third kappa shape index (κ3) is 4.76. The minimum absolute atomic E-state index is 0.242. The standard InChI is InChI=1S/C30H44N2/c1-21-16-27-24(17-23-10-7-14-32-15-8-11-25(27)28(23)32)18-26(21)22(2)19-29(3,4)12-9-13-30(5,6)20-31/h17-18H,1-2,7-16,19-20,31H2,3-6H3. The first-order valence-corrected chi connectivity index (χ1v) is 12.8. The maximum atomic E-state index is 5.93. The molecule has 0 fully saturated rings. The quantitative estimate of drug-likeness (QED) is 0.479. The van der Waals surface area contributed by atoms with Gasteiger partial charge in [0, 0.05) is 18.8 Å². The van der Waals surface area contributed by atoms with Crippen LogP contribution in [-0.4, -0.2) is 19.6 Å². The van der Waals surface area contributed by atoms with Crippen LogP contribution in [0.25, 0.3) is 6.08 Å². The molecule has 2 heterocycles. The molecule has 3 aliphatic rings. The second-order valence-electron chi connectivity index (χ2n) is 12.1. The molecular formula is C30H44N2. The van der Waals surface area contributed by atoms with E-state index >= 15 is 0 Å². The van der Waals surface area contributed by atoms with Crippen LogP contribution in [0.1, 0.15) is 88.5 Å². The lowest BCUT2D eigenvalue weighted by atomic mass is 9.74. The van der Waals surface area contributed by atoms with E-state index in [9.17, 15) is 0 Å². The van der Waals surface area contributed by atoms with Gasteiger partial charge in [-0.2, -0.15) is 0 Å². The van der Waals surface area contributed by atoms with E-state index in [4.69, 9.17) is 5.73 Å². The molecular weight excluding hydrogens is 388 g/mol. The van der Waals surface area contributed by atoms with Crippen molar-refractivity contribution in [2.24, 2.45) is 16.6 Å². The highest BCUT2D eigenvalue weighted by atomic mass is 15.1. The van der Waals surface area contributed by atoms with Crippen LogP contribution in [-0.2, 0) is 19.3 Å². The van der Waals surface area contributed by atoms with E-state index in [1.54, 1.807) is 22.4 Å². The van der Waals surface area contributed by atoms with Crippen molar-refractivity contribution >= 4 is 11.8 Å².